The molecule has 0 aliphatic heterocycles. The first-order valence-corrected chi connectivity index (χ1v) is 21.2. The van der Waals surface area contributed by atoms with Gasteiger partial charge in [0.2, 0.25) is 0 Å². The van der Waals surface area contributed by atoms with Gasteiger partial charge in [0.1, 0.15) is 0 Å². The van der Waals surface area contributed by atoms with Crippen LogP contribution in [0, 0.1) is 0 Å². The van der Waals surface area contributed by atoms with E-state index in [0.29, 0.717) is 5.82 Å². The molecule has 4 heterocycles. The first kappa shape index (κ1) is 36.2. The standard InChI is InChI=1S/C56H36N4S/c1-3-13-37(14-4-1)38-21-23-39(24-22-38)42-29-43(41-25-26-55-49(35-41)48-17-7-8-20-54(48)61-55)31-46(30-42)52-36-53(60-56(59-52)40-15-5-2-6-16-40)47-33-44(50-18-9-11-27-57-50)32-45(34-47)51-19-10-12-28-58-51/h1-36H. The average molecular weight is 797 g/mol. The summed E-state index contributed by atoms with van der Waals surface area (Å²) in [5.74, 6) is 0.654. The van der Waals surface area contributed by atoms with Gasteiger partial charge in [0.05, 0.1) is 22.8 Å². The van der Waals surface area contributed by atoms with E-state index in [1.807, 2.05) is 78.3 Å². The molecule has 0 amide bonds. The van der Waals surface area contributed by atoms with Crippen LogP contribution in [0.15, 0.2) is 219 Å². The lowest BCUT2D eigenvalue weighted by Crippen LogP contribution is -1.97. The first-order chi connectivity index (χ1) is 30.2. The van der Waals surface area contributed by atoms with Gasteiger partial charge in [0.25, 0.3) is 0 Å². The second-order valence-electron chi connectivity index (χ2n) is 15.1. The summed E-state index contributed by atoms with van der Waals surface area (Å²) in [6.07, 6.45) is 3.66. The molecule has 0 saturated heterocycles. The van der Waals surface area contributed by atoms with Gasteiger partial charge in [0.15, 0.2) is 5.82 Å². The van der Waals surface area contributed by atoms with Gasteiger partial charge in [-0.15, -0.1) is 11.3 Å². The lowest BCUT2D eigenvalue weighted by Gasteiger charge is -2.15. The van der Waals surface area contributed by atoms with Gasteiger partial charge in [-0.1, -0.05) is 121 Å². The quantitative estimate of drug-likeness (QED) is 0.154. The highest BCUT2D eigenvalue weighted by Gasteiger charge is 2.17. The zero-order chi connectivity index (χ0) is 40.5. The molecule has 61 heavy (non-hydrogen) atoms. The molecule has 286 valence electrons. The third-order valence-corrected chi connectivity index (χ3v) is 12.3. The highest BCUT2D eigenvalue weighted by Crippen LogP contribution is 2.40. The van der Waals surface area contributed by atoms with Crippen LogP contribution in [0.3, 0.4) is 0 Å². The van der Waals surface area contributed by atoms with Gasteiger partial charge in [-0.05, 0) is 118 Å². The number of hydrogen-bond acceptors (Lipinski definition) is 5. The maximum atomic E-state index is 5.33. The van der Waals surface area contributed by atoms with Crippen LogP contribution < -0.4 is 0 Å². The van der Waals surface area contributed by atoms with Crippen LogP contribution in [0.2, 0.25) is 0 Å². The van der Waals surface area contributed by atoms with E-state index in [2.05, 4.69) is 152 Å². The van der Waals surface area contributed by atoms with Crippen LogP contribution in [-0.2, 0) is 0 Å². The lowest BCUT2D eigenvalue weighted by atomic mass is 9.93. The molecule has 4 aromatic heterocycles. The molecule has 11 rings (SSSR count). The molecular formula is C56H36N4S. The molecule has 4 nitrogen and oxygen atoms in total. The Morgan fingerprint density at radius 3 is 1.31 bits per heavy atom. The Bertz CT molecular complexity index is 3270. The third-order valence-electron chi connectivity index (χ3n) is 11.2. The Balaban J connectivity index is 1.12. The number of rotatable bonds is 8. The van der Waals surface area contributed by atoms with Crippen molar-refractivity contribution in [1.29, 1.82) is 0 Å². The number of thiophene rings is 1. The summed E-state index contributed by atoms with van der Waals surface area (Å²) in [6, 6.07) is 72.7. The number of nitrogens with zero attached hydrogens (tertiary/aromatic N) is 4. The van der Waals surface area contributed by atoms with E-state index in [9.17, 15) is 0 Å². The molecule has 0 spiro atoms. The van der Waals surface area contributed by atoms with Gasteiger partial charge in [-0.2, -0.15) is 0 Å². The van der Waals surface area contributed by atoms with Crippen molar-refractivity contribution in [2.45, 2.75) is 0 Å². The topological polar surface area (TPSA) is 51.6 Å². The summed E-state index contributed by atoms with van der Waals surface area (Å²) in [4.78, 5) is 20.1. The smallest absolute Gasteiger partial charge is 0.160 e. The zero-order valence-corrected chi connectivity index (χ0v) is 33.8. The fraction of sp³-hybridized carbons (Fsp3) is 0. The predicted octanol–water partition coefficient (Wildman–Crippen LogP) is 15.0. The molecule has 11 aromatic rings. The van der Waals surface area contributed by atoms with Crippen molar-refractivity contribution in [3.63, 3.8) is 0 Å². The van der Waals surface area contributed by atoms with Crippen molar-refractivity contribution >= 4 is 31.5 Å². The van der Waals surface area contributed by atoms with Crippen LogP contribution in [-0.4, -0.2) is 19.9 Å². The summed E-state index contributed by atoms with van der Waals surface area (Å²) in [7, 11) is 0. The molecule has 0 N–H and O–H groups in total. The van der Waals surface area contributed by atoms with Gasteiger partial charge >= 0.3 is 0 Å². The average Bonchev–Trinajstić information content (AvgIpc) is 3.73. The number of aromatic nitrogens is 4. The van der Waals surface area contributed by atoms with Gasteiger partial charge < -0.3 is 0 Å². The second kappa shape index (κ2) is 15.7. The van der Waals surface area contributed by atoms with Crippen molar-refractivity contribution in [3.05, 3.63) is 219 Å². The number of fused-ring (bicyclic) bond motifs is 3. The van der Waals surface area contributed by atoms with E-state index in [-0.39, 0.29) is 0 Å². The van der Waals surface area contributed by atoms with E-state index in [4.69, 9.17) is 19.9 Å². The largest absolute Gasteiger partial charge is 0.256 e. The first-order valence-electron chi connectivity index (χ1n) is 20.3. The van der Waals surface area contributed by atoms with Crippen LogP contribution in [0.5, 0.6) is 0 Å². The number of benzene rings is 7. The molecule has 0 radical (unpaired) electrons. The molecule has 0 saturated carbocycles. The molecular weight excluding hydrogens is 761 g/mol. The van der Waals surface area contributed by atoms with Gasteiger partial charge in [-0.25, -0.2) is 9.97 Å². The van der Waals surface area contributed by atoms with Crippen molar-refractivity contribution in [1.82, 2.24) is 19.9 Å². The summed E-state index contributed by atoms with van der Waals surface area (Å²) in [5, 5.41) is 2.55. The Kier molecular flexibility index (Phi) is 9.34. The molecule has 0 aliphatic rings. The second-order valence-corrected chi connectivity index (χ2v) is 16.2. The van der Waals surface area contributed by atoms with E-state index in [0.717, 1.165) is 72.8 Å². The summed E-state index contributed by atoms with van der Waals surface area (Å²) >= 11 is 1.84. The Labute approximate surface area is 358 Å². The number of pyridine rings is 2. The minimum Gasteiger partial charge on any atom is -0.256 e. The minimum absolute atomic E-state index is 0.654. The van der Waals surface area contributed by atoms with E-state index < -0.39 is 0 Å². The summed E-state index contributed by atoms with van der Waals surface area (Å²) in [6.45, 7) is 0. The monoisotopic (exact) mass is 796 g/mol. The highest BCUT2D eigenvalue weighted by atomic mass is 32.1. The van der Waals surface area contributed by atoms with Crippen LogP contribution >= 0.6 is 11.3 Å². The molecule has 0 atom stereocenters. The Morgan fingerprint density at radius 1 is 0.262 bits per heavy atom. The molecule has 0 bridgehead atoms. The highest BCUT2D eigenvalue weighted by molar-refractivity contribution is 7.25. The zero-order valence-electron chi connectivity index (χ0n) is 33.0. The van der Waals surface area contributed by atoms with E-state index in [1.54, 1.807) is 0 Å². The van der Waals surface area contributed by atoms with Crippen LogP contribution in [0.1, 0.15) is 0 Å². The SMILES string of the molecule is c1ccc(-c2ccc(-c3cc(-c4ccc5sc6ccccc6c5c4)cc(-c4cc(-c5cc(-c6ccccn6)cc(-c6ccccn6)c5)nc(-c5ccccc5)n4)c3)cc2)cc1. The number of hydrogen-bond donors (Lipinski definition) is 0. The Hall–Kier alpha value is -7.86. The molecule has 7 aromatic carbocycles. The summed E-state index contributed by atoms with van der Waals surface area (Å²) < 4.78 is 2.58. The van der Waals surface area contributed by atoms with E-state index in [1.165, 1.54) is 31.3 Å². The van der Waals surface area contributed by atoms with Gasteiger partial charge in [-0.3, -0.25) is 9.97 Å². The Morgan fingerprint density at radius 2 is 0.705 bits per heavy atom. The van der Waals surface area contributed by atoms with Crippen molar-refractivity contribution in [2.24, 2.45) is 0 Å². The van der Waals surface area contributed by atoms with Crippen molar-refractivity contribution < 1.29 is 0 Å². The van der Waals surface area contributed by atoms with E-state index >= 15 is 0 Å². The molecule has 0 fully saturated rings. The fourth-order valence-electron chi connectivity index (χ4n) is 8.10. The van der Waals surface area contributed by atoms with Crippen molar-refractivity contribution in [2.75, 3.05) is 0 Å². The van der Waals surface area contributed by atoms with Crippen molar-refractivity contribution in [3.8, 4) is 89.8 Å². The molecule has 0 aliphatic carbocycles. The predicted molar refractivity (Wildman–Crippen MR) is 254 cm³/mol. The third kappa shape index (κ3) is 7.28. The normalized spacial score (nSPS) is 11.3. The fourth-order valence-corrected chi connectivity index (χ4v) is 9.18. The molecule has 5 heteroatoms. The van der Waals surface area contributed by atoms with Crippen LogP contribution in [0.4, 0.5) is 0 Å². The molecule has 0 unspecified atom stereocenters. The van der Waals surface area contributed by atoms with Gasteiger partial charge in [0, 0.05) is 60.4 Å². The lowest BCUT2D eigenvalue weighted by molar-refractivity contribution is 1.18. The maximum absolute atomic E-state index is 5.33. The minimum atomic E-state index is 0.654. The van der Waals surface area contributed by atoms with Crippen LogP contribution in [0.25, 0.3) is 110 Å². The summed E-state index contributed by atoms with van der Waals surface area (Å²) in [5.41, 5.74) is 15.2. The maximum Gasteiger partial charge on any atom is 0.160 e.